The Kier molecular flexibility index (Phi) is 7.77. The molecule has 5 nitrogen and oxygen atoms in total. The van der Waals surface area contributed by atoms with Crippen molar-refractivity contribution in [2.24, 2.45) is 0 Å². The number of anilines is 1. The van der Waals surface area contributed by atoms with Crippen molar-refractivity contribution in [2.75, 3.05) is 25.5 Å². The predicted octanol–water partition coefficient (Wildman–Crippen LogP) is 4.59. The molecule has 0 spiro atoms. The molecule has 0 saturated carbocycles. The number of nitrogens with one attached hydrogen (secondary N) is 2. The van der Waals surface area contributed by atoms with E-state index in [1.54, 1.807) is 24.1 Å². The molecule has 0 bridgehead atoms. The second kappa shape index (κ2) is 10.5. The lowest BCUT2D eigenvalue weighted by molar-refractivity contribution is -0.123. The zero-order valence-electron chi connectivity index (χ0n) is 18.7. The topological polar surface area (TPSA) is 61.4 Å². The smallest absolute Gasteiger partial charge is 0.238 e. The van der Waals surface area contributed by atoms with Crippen molar-refractivity contribution < 1.29 is 14.0 Å². The number of rotatable bonds is 8. The summed E-state index contributed by atoms with van der Waals surface area (Å²) in [5.41, 5.74) is 4.78. The van der Waals surface area contributed by atoms with Crippen molar-refractivity contribution in [3.63, 3.8) is 0 Å². The number of carbonyl (C=O) groups excluding carboxylic acids is 2. The van der Waals surface area contributed by atoms with E-state index in [4.69, 9.17) is 0 Å². The van der Waals surface area contributed by atoms with Crippen molar-refractivity contribution in [3.05, 3.63) is 86.9 Å². The lowest BCUT2D eigenvalue weighted by Gasteiger charge is -2.21. The van der Waals surface area contributed by atoms with Crippen LogP contribution >= 0.6 is 11.3 Å². The Labute approximate surface area is 192 Å². The number of halogens is 1. The molecule has 2 amide bonds. The Morgan fingerprint density at radius 1 is 1.00 bits per heavy atom. The third-order valence-electron chi connectivity index (χ3n) is 5.10. The van der Waals surface area contributed by atoms with E-state index in [1.807, 2.05) is 50.4 Å². The standard InChI is InChI=1S/C25H28FN3O2S/c1-16-12-17(2)24(18(3)13-16)27-22(30)14-29(4)15-23(31)28-25(21-6-5-11-32-21)19-7-9-20(26)10-8-19/h5-13,25H,14-15H2,1-4H3,(H,27,30)(H,28,31)/t25-/m1/s1. The fourth-order valence-corrected chi connectivity index (χ4v) is 4.54. The average Bonchev–Trinajstić information content (AvgIpc) is 3.24. The molecule has 0 aliphatic rings. The minimum absolute atomic E-state index is 0.0579. The van der Waals surface area contributed by atoms with E-state index >= 15 is 0 Å². The molecule has 0 aliphatic carbocycles. The van der Waals surface area contributed by atoms with Crippen LogP contribution in [0.25, 0.3) is 0 Å². The van der Waals surface area contributed by atoms with Gasteiger partial charge in [-0.25, -0.2) is 4.39 Å². The van der Waals surface area contributed by atoms with E-state index in [-0.39, 0.29) is 36.8 Å². The van der Waals surface area contributed by atoms with E-state index < -0.39 is 0 Å². The first-order chi connectivity index (χ1) is 15.2. The highest BCUT2D eigenvalue weighted by atomic mass is 32.1. The third-order valence-corrected chi connectivity index (χ3v) is 6.04. The molecule has 3 rings (SSSR count). The Hall–Kier alpha value is -3.03. The summed E-state index contributed by atoms with van der Waals surface area (Å²) < 4.78 is 13.3. The monoisotopic (exact) mass is 453 g/mol. The first-order valence-electron chi connectivity index (χ1n) is 10.4. The van der Waals surface area contributed by atoms with Gasteiger partial charge in [0.25, 0.3) is 0 Å². The van der Waals surface area contributed by atoms with Gasteiger partial charge in [0.1, 0.15) is 5.82 Å². The van der Waals surface area contributed by atoms with Crippen LogP contribution in [0.15, 0.2) is 53.9 Å². The molecule has 1 heterocycles. The van der Waals surface area contributed by atoms with Gasteiger partial charge in [-0.05, 0) is 68.1 Å². The van der Waals surface area contributed by atoms with Gasteiger partial charge in [0.15, 0.2) is 0 Å². The molecule has 0 radical (unpaired) electrons. The Morgan fingerprint density at radius 3 is 2.22 bits per heavy atom. The first kappa shape index (κ1) is 23.6. The fraction of sp³-hybridized carbons (Fsp3) is 0.280. The highest BCUT2D eigenvalue weighted by Crippen LogP contribution is 2.26. The summed E-state index contributed by atoms with van der Waals surface area (Å²) in [6.07, 6.45) is 0. The minimum atomic E-state index is -0.372. The molecule has 0 unspecified atom stereocenters. The normalized spacial score (nSPS) is 11.9. The van der Waals surface area contributed by atoms with Gasteiger partial charge in [0.05, 0.1) is 19.1 Å². The van der Waals surface area contributed by atoms with Crippen molar-refractivity contribution in [1.82, 2.24) is 10.2 Å². The summed E-state index contributed by atoms with van der Waals surface area (Å²) in [7, 11) is 1.73. The molecular weight excluding hydrogens is 425 g/mol. The van der Waals surface area contributed by atoms with E-state index in [1.165, 1.54) is 23.5 Å². The fourth-order valence-electron chi connectivity index (χ4n) is 3.74. The van der Waals surface area contributed by atoms with Crippen molar-refractivity contribution >= 4 is 28.8 Å². The van der Waals surface area contributed by atoms with Crippen LogP contribution in [0.1, 0.15) is 33.2 Å². The Balaban J connectivity index is 1.60. The zero-order valence-corrected chi connectivity index (χ0v) is 19.6. The van der Waals surface area contributed by atoms with Crippen molar-refractivity contribution in [3.8, 4) is 0 Å². The van der Waals surface area contributed by atoms with Gasteiger partial charge in [-0.1, -0.05) is 35.9 Å². The Morgan fingerprint density at radius 2 is 1.62 bits per heavy atom. The number of nitrogens with zero attached hydrogens (tertiary/aromatic N) is 1. The highest BCUT2D eigenvalue weighted by Gasteiger charge is 2.20. The van der Waals surface area contributed by atoms with E-state index in [9.17, 15) is 14.0 Å². The van der Waals surface area contributed by atoms with Crippen LogP contribution in [0, 0.1) is 26.6 Å². The summed E-state index contributed by atoms with van der Waals surface area (Å²) in [5, 5.41) is 7.90. The van der Waals surface area contributed by atoms with Gasteiger partial charge < -0.3 is 10.6 Å². The lowest BCUT2D eigenvalue weighted by Crippen LogP contribution is -2.40. The van der Waals surface area contributed by atoms with Crippen LogP contribution in [0.3, 0.4) is 0 Å². The third kappa shape index (κ3) is 6.24. The Bertz CT molecular complexity index is 1060. The molecule has 32 heavy (non-hydrogen) atoms. The summed E-state index contributed by atoms with van der Waals surface area (Å²) in [6, 6.07) is 13.6. The second-order valence-corrected chi connectivity index (χ2v) is 9.04. The number of likely N-dealkylation sites (N-methyl/N-ethyl adjacent to an activating group) is 1. The molecule has 1 aromatic heterocycles. The predicted molar refractivity (Wildman–Crippen MR) is 127 cm³/mol. The zero-order chi connectivity index (χ0) is 23.3. The number of hydrogen-bond acceptors (Lipinski definition) is 4. The molecule has 2 N–H and O–H groups in total. The summed E-state index contributed by atoms with van der Waals surface area (Å²) in [5.74, 6) is -0.718. The molecule has 2 aromatic carbocycles. The van der Waals surface area contributed by atoms with Gasteiger partial charge in [-0.3, -0.25) is 14.5 Å². The van der Waals surface area contributed by atoms with Crippen LogP contribution in [-0.4, -0.2) is 36.9 Å². The van der Waals surface area contributed by atoms with Crippen LogP contribution in [-0.2, 0) is 9.59 Å². The molecule has 0 fully saturated rings. The van der Waals surface area contributed by atoms with Crippen LogP contribution in [0.5, 0.6) is 0 Å². The van der Waals surface area contributed by atoms with Gasteiger partial charge in [0, 0.05) is 10.6 Å². The molecule has 7 heteroatoms. The van der Waals surface area contributed by atoms with Crippen LogP contribution in [0.2, 0.25) is 0 Å². The maximum atomic E-state index is 13.3. The minimum Gasteiger partial charge on any atom is -0.343 e. The molecule has 1 atom stereocenters. The average molecular weight is 454 g/mol. The molecular formula is C25H28FN3O2S. The molecule has 168 valence electrons. The second-order valence-electron chi connectivity index (χ2n) is 8.06. The SMILES string of the molecule is Cc1cc(C)c(NC(=O)CN(C)CC(=O)N[C@H](c2ccc(F)cc2)c2cccs2)c(C)c1. The van der Waals surface area contributed by atoms with E-state index in [0.717, 1.165) is 32.8 Å². The van der Waals surface area contributed by atoms with E-state index in [0.29, 0.717) is 0 Å². The number of amides is 2. The molecule has 0 aliphatic heterocycles. The van der Waals surface area contributed by atoms with Crippen molar-refractivity contribution in [2.45, 2.75) is 26.8 Å². The quantitative estimate of drug-likeness (QED) is 0.525. The number of thiophene rings is 1. The molecule has 0 saturated heterocycles. The van der Waals surface area contributed by atoms with Gasteiger partial charge in [-0.15, -0.1) is 11.3 Å². The summed E-state index contributed by atoms with van der Waals surface area (Å²) in [6.45, 7) is 6.09. The maximum absolute atomic E-state index is 13.3. The number of hydrogen-bond donors (Lipinski definition) is 2. The number of aryl methyl sites for hydroxylation is 3. The van der Waals surface area contributed by atoms with Crippen molar-refractivity contribution in [1.29, 1.82) is 0 Å². The maximum Gasteiger partial charge on any atom is 0.238 e. The van der Waals surface area contributed by atoms with E-state index in [2.05, 4.69) is 10.6 Å². The van der Waals surface area contributed by atoms with Gasteiger partial charge in [0.2, 0.25) is 11.8 Å². The first-order valence-corrected chi connectivity index (χ1v) is 11.3. The highest BCUT2D eigenvalue weighted by molar-refractivity contribution is 7.10. The number of carbonyl (C=O) groups is 2. The van der Waals surface area contributed by atoms with Gasteiger partial charge >= 0.3 is 0 Å². The number of benzene rings is 2. The summed E-state index contributed by atoms with van der Waals surface area (Å²) in [4.78, 5) is 27.9. The largest absolute Gasteiger partial charge is 0.343 e. The van der Waals surface area contributed by atoms with Crippen LogP contribution in [0.4, 0.5) is 10.1 Å². The molecule has 3 aromatic rings. The van der Waals surface area contributed by atoms with Gasteiger partial charge in [-0.2, -0.15) is 0 Å². The summed E-state index contributed by atoms with van der Waals surface area (Å²) >= 11 is 1.52. The lowest BCUT2D eigenvalue weighted by atomic mass is 10.1. The van der Waals surface area contributed by atoms with Crippen LogP contribution < -0.4 is 10.6 Å².